The van der Waals surface area contributed by atoms with E-state index in [0.29, 0.717) is 20.8 Å². The number of anilines is 1. The van der Waals surface area contributed by atoms with E-state index >= 15 is 0 Å². The summed E-state index contributed by atoms with van der Waals surface area (Å²) in [5.41, 5.74) is 6.79. The molecule has 178 valence electrons. The standard InChI is InChI=1S/C27H24Cl2N4OS/c1-15-16(2)32(20-8-6-7-18(28)13-20)17(3)24(15)26-25(21-9-4-5-12-30-21)31-27(35)33(26)22-14-19(29)10-11-23(22)34/h4-14,25-26,34H,1-3H3,(H,31,35). The van der Waals surface area contributed by atoms with Crippen molar-refractivity contribution in [3.8, 4) is 11.4 Å². The van der Waals surface area contributed by atoms with E-state index in [1.54, 1.807) is 24.4 Å². The van der Waals surface area contributed by atoms with Gasteiger partial charge < -0.3 is 19.9 Å². The fraction of sp³-hybridized carbons (Fsp3) is 0.185. The molecule has 0 aliphatic carbocycles. The molecule has 0 bridgehead atoms. The Morgan fingerprint density at radius 3 is 2.43 bits per heavy atom. The van der Waals surface area contributed by atoms with Crippen molar-refractivity contribution in [3.05, 3.63) is 105 Å². The number of phenols is 1. The minimum atomic E-state index is -0.277. The second-order valence-corrected chi connectivity index (χ2v) is 9.91. The van der Waals surface area contributed by atoms with Crippen LogP contribution < -0.4 is 10.2 Å². The Kier molecular flexibility index (Phi) is 6.21. The maximum Gasteiger partial charge on any atom is 0.174 e. The molecule has 1 saturated heterocycles. The maximum absolute atomic E-state index is 10.8. The van der Waals surface area contributed by atoms with Crippen LogP contribution in [0.5, 0.6) is 5.75 Å². The normalized spacial score (nSPS) is 17.6. The molecule has 2 atom stereocenters. The molecule has 35 heavy (non-hydrogen) atoms. The van der Waals surface area contributed by atoms with Crippen LogP contribution in [0.25, 0.3) is 5.69 Å². The van der Waals surface area contributed by atoms with Gasteiger partial charge in [-0.05, 0) is 87.1 Å². The molecule has 2 N–H and O–H groups in total. The van der Waals surface area contributed by atoms with Gasteiger partial charge in [-0.1, -0.05) is 35.3 Å². The van der Waals surface area contributed by atoms with E-state index in [1.165, 1.54) is 0 Å². The lowest BCUT2D eigenvalue weighted by atomic mass is 9.93. The monoisotopic (exact) mass is 522 g/mol. The number of halogens is 2. The van der Waals surface area contributed by atoms with Crippen LogP contribution in [-0.2, 0) is 0 Å². The zero-order valence-corrected chi connectivity index (χ0v) is 21.8. The molecule has 2 unspecified atom stereocenters. The van der Waals surface area contributed by atoms with Crippen LogP contribution in [0.2, 0.25) is 10.0 Å². The van der Waals surface area contributed by atoms with Crippen LogP contribution in [0.15, 0.2) is 66.9 Å². The van der Waals surface area contributed by atoms with E-state index < -0.39 is 0 Å². The summed E-state index contributed by atoms with van der Waals surface area (Å²) in [5.74, 6) is 0.103. The van der Waals surface area contributed by atoms with Gasteiger partial charge in [0.25, 0.3) is 0 Å². The van der Waals surface area contributed by atoms with Gasteiger partial charge in [0.05, 0.1) is 23.5 Å². The summed E-state index contributed by atoms with van der Waals surface area (Å²) >= 11 is 18.5. The first-order valence-electron chi connectivity index (χ1n) is 11.2. The van der Waals surface area contributed by atoms with Gasteiger partial charge in [0.15, 0.2) is 5.11 Å². The van der Waals surface area contributed by atoms with E-state index in [9.17, 15) is 5.11 Å². The molecule has 1 fully saturated rings. The average Bonchev–Trinajstić information content (AvgIpc) is 3.28. The average molecular weight is 523 g/mol. The third-order valence-corrected chi connectivity index (χ3v) is 7.45. The SMILES string of the molecule is Cc1c(C2C(c3ccccn3)NC(=S)N2c2cc(Cl)ccc2O)c(C)n(-c2cccc(Cl)c2)c1C. The Balaban J connectivity index is 1.76. The number of thiocarbonyl (C=S) groups is 1. The highest BCUT2D eigenvalue weighted by Gasteiger charge is 2.44. The van der Waals surface area contributed by atoms with Gasteiger partial charge in [0.2, 0.25) is 0 Å². The van der Waals surface area contributed by atoms with Crippen molar-refractivity contribution in [1.82, 2.24) is 14.9 Å². The highest BCUT2D eigenvalue weighted by atomic mass is 35.5. The molecule has 3 heterocycles. The van der Waals surface area contributed by atoms with E-state index in [4.69, 9.17) is 35.4 Å². The van der Waals surface area contributed by atoms with Crippen LogP contribution in [0.3, 0.4) is 0 Å². The highest BCUT2D eigenvalue weighted by Crippen LogP contribution is 2.47. The molecule has 2 aromatic carbocycles. The third-order valence-electron chi connectivity index (χ3n) is 6.66. The predicted molar refractivity (Wildman–Crippen MR) is 146 cm³/mol. The number of benzene rings is 2. The summed E-state index contributed by atoms with van der Waals surface area (Å²) in [6.45, 7) is 6.32. The fourth-order valence-corrected chi connectivity index (χ4v) is 5.73. The molecule has 0 amide bonds. The van der Waals surface area contributed by atoms with Crippen LogP contribution in [0.4, 0.5) is 5.69 Å². The number of hydrogen-bond donors (Lipinski definition) is 2. The van der Waals surface area contributed by atoms with Crippen molar-refractivity contribution < 1.29 is 5.11 Å². The van der Waals surface area contributed by atoms with Crippen LogP contribution in [-0.4, -0.2) is 19.8 Å². The summed E-state index contributed by atoms with van der Waals surface area (Å²) in [4.78, 5) is 6.59. The van der Waals surface area contributed by atoms with Gasteiger partial charge in [-0.25, -0.2) is 0 Å². The smallest absolute Gasteiger partial charge is 0.174 e. The van der Waals surface area contributed by atoms with Crippen LogP contribution >= 0.6 is 35.4 Å². The van der Waals surface area contributed by atoms with E-state index in [0.717, 1.165) is 33.9 Å². The molecule has 0 saturated carbocycles. The number of aromatic nitrogens is 2. The van der Waals surface area contributed by atoms with Crippen molar-refractivity contribution in [2.75, 3.05) is 4.90 Å². The summed E-state index contributed by atoms with van der Waals surface area (Å²) in [7, 11) is 0. The molecule has 2 aromatic heterocycles. The Labute approximate surface area is 219 Å². The molecular weight excluding hydrogens is 499 g/mol. The fourth-order valence-electron chi connectivity index (χ4n) is 5.04. The molecule has 4 aromatic rings. The van der Waals surface area contributed by atoms with Crippen molar-refractivity contribution in [2.45, 2.75) is 32.9 Å². The predicted octanol–water partition coefficient (Wildman–Crippen LogP) is 6.99. The summed E-state index contributed by atoms with van der Waals surface area (Å²) in [6, 6.07) is 18.1. The van der Waals surface area contributed by atoms with Gasteiger partial charge in [0.1, 0.15) is 5.75 Å². The zero-order chi connectivity index (χ0) is 24.9. The maximum atomic E-state index is 10.8. The van der Waals surface area contributed by atoms with Gasteiger partial charge in [-0.3, -0.25) is 4.98 Å². The molecule has 5 rings (SSSR count). The quantitative estimate of drug-likeness (QED) is 0.283. The van der Waals surface area contributed by atoms with Crippen LogP contribution in [0.1, 0.15) is 40.3 Å². The highest BCUT2D eigenvalue weighted by molar-refractivity contribution is 7.80. The van der Waals surface area contributed by atoms with Crippen molar-refractivity contribution in [3.63, 3.8) is 0 Å². The lowest BCUT2D eigenvalue weighted by molar-refractivity contribution is 0.472. The third kappa shape index (κ3) is 4.05. The van der Waals surface area contributed by atoms with Gasteiger partial charge >= 0.3 is 0 Å². The molecule has 1 aliphatic heterocycles. The Morgan fingerprint density at radius 2 is 1.71 bits per heavy atom. The number of rotatable bonds is 4. The van der Waals surface area contributed by atoms with Gasteiger partial charge in [-0.2, -0.15) is 0 Å². The van der Waals surface area contributed by atoms with Gasteiger partial charge in [-0.15, -0.1) is 0 Å². The van der Waals surface area contributed by atoms with Crippen molar-refractivity contribution in [1.29, 1.82) is 0 Å². The van der Waals surface area contributed by atoms with E-state index in [2.05, 4.69) is 35.6 Å². The van der Waals surface area contributed by atoms with Crippen LogP contribution in [0, 0.1) is 20.8 Å². The second kappa shape index (κ2) is 9.19. The van der Waals surface area contributed by atoms with E-state index in [1.807, 2.05) is 47.4 Å². The minimum absolute atomic E-state index is 0.103. The number of aromatic hydroxyl groups is 1. The number of pyridine rings is 1. The Hall–Kier alpha value is -3.06. The molecule has 1 aliphatic rings. The van der Waals surface area contributed by atoms with E-state index in [-0.39, 0.29) is 17.8 Å². The number of nitrogens with one attached hydrogen (secondary N) is 1. The zero-order valence-electron chi connectivity index (χ0n) is 19.5. The summed E-state index contributed by atoms with van der Waals surface area (Å²) < 4.78 is 2.21. The largest absolute Gasteiger partial charge is 0.506 e. The van der Waals surface area contributed by atoms with Crippen molar-refractivity contribution in [2.24, 2.45) is 0 Å². The van der Waals surface area contributed by atoms with Crippen molar-refractivity contribution >= 4 is 46.2 Å². The number of nitrogens with zero attached hydrogens (tertiary/aromatic N) is 3. The molecule has 0 radical (unpaired) electrons. The Bertz CT molecular complexity index is 1440. The minimum Gasteiger partial charge on any atom is -0.506 e. The summed E-state index contributed by atoms with van der Waals surface area (Å²) in [6.07, 6.45) is 1.78. The topological polar surface area (TPSA) is 53.3 Å². The first-order chi connectivity index (χ1) is 16.8. The number of phenolic OH excluding ortho intramolecular Hbond substituents is 1. The molecular formula is C27H24Cl2N4OS. The first-order valence-corrected chi connectivity index (χ1v) is 12.4. The molecule has 5 nitrogen and oxygen atoms in total. The lowest BCUT2D eigenvalue weighted by Crippen LogP contribution is -2.30. The molecule has 0 spiro atoms. The van der Waals surface area contributed by atoms with Gasteiger partial charge in [0, 0.05) is 38.9 Å². The first kappa shape index (κ1) is 23.7. The second-order valence-electron chi connectivity index (χ2n) is 8.65. The Morgan fingerprint density at radius 1 is 0.943 bits per heavy atom. The lowest BCUT2D eigenvalue weighted by Gasteiger charge is -2.29. The number of hydrogen-bond acceptors (Lipinski definition) is 3. The molecule has 8 heteroatoms. The summed E-state index contributed by atoms with van der Waals surface area (Å²) in [5, 5.41) is 16.0.